The summed E-state index contributed by atoms with van der Waals surface area (Å²) in [7, 11) is 0. The normalized spacial score (nSPS) is 10.4. The van der Waals surface area contributed by atoms with E-state index in [-0.39, 0.29) is 5.69 Å². The van der Waals surface area contributed by atoms with Crippen molar-refractivity contribution in [3.05, 3.63) is 48.7 Å². The Morgan fingerprint density at radius 3 is 2.52 bits per heavy atom. The van der Waals surface area contributed by atoms with Crippen LogP contribution in [0.4, 0.5) is 17.1 Å². The topological polar surface area (TPSA) is 121 Å². The van der Waals surface area contributed by atoms with Gasteiger partial charge in [-0.05, 0) is 42.5 Å². The van der Waals surface area contributed by atoms with Gasteiger partial charge in [-0.3, -0.25) is 19.5 Å². The number of aromatic nitrogens is 2. The molecule has 25 heavy (non-hydrogen) atoms. The molecule has 3 aromatic rings. The number of rotatable bonds is 2. The lowest BCUT2D eigenvalue weighted by Gasteiger charge is -2.18. The van der Waals surface area contributed by atoms with E-state index in [1.165, 1.54) is 19.1 Å². The number of nitrogens with one attached hydrogen (secondary N) is 2. The third-order valence-electron chi connectivity index (χ3n) is 3.56. The maximum absolute atomic E-state index is 12.4. The molecule has 126 valence electrons. The van der Waals surface area contributed by atoms with Gasteiger partial charge in [-0.2, -0.15) is 5.10 Å². The minimum atomic E-state index is -0.984. The molecule has 0 unspecified atom stereocenters. The van der Waals surface area contributed by atoms with Crippen molar-refractivity contribution in [3.8, 4) is 0 Å². The molecule has 0 aliphatic rings. The lowest BCUT2D eigenvalue weighted by molar-refractivity contribution is -0.136. The van der Waals surface area contributed by atoms with Gasteiger partial charge in [0.2, 0.25) is 5.91 Å². The Morgan fingerprint density at radius 1 is 1.12 bits per heavy atom. The Labute approximate surface area is 142 Å². The summed E-state index contributed by atoms with van der Waals surface area (Å²) in [5, 5.41) is 10.0. The van der Waals surface area contributed by atoms with Crippen LogP contribution in [0.2, 0.25) is 0 Å². The van der Waals surface area contributed by atoms with Crippen LogP contribution in [0, 0.1) is 0 Å². The summed E-state index contributed by atoms with van der Waals surface area (Å²) < 4.78 is 0. The van der Waals surface area contributed by atoms with E-state index in [4.69, 9.17) is 5.73 Å². The first kappa shape index (κ1) is 16.2. The first-order valence-corrected chi connectivity index (χ1v) is 7.40. The van der Waals surface area contributed by atoms with E-state index in [2.05, 4.69) is 15.5 Å². The van der Waals surface area contributed by atoms with Crippen molar-refractivity contribution in [1.82, 2.24) is 10.2 Å². The molecule has 0 aliphatic heterocycles. The summed E-state index contributed by atoms with van der Waals surface area (Å²) in [6.45, 7) is 1.21. The minimum Gasteiger partial charge on any atom is -0.399 e. The monoisotopic (exact) mass is 337 g/mol. The second-order valence-corrected chi connectivity index (χ2v) is 5.38. The number of nitrogens with two attached hydrogens (primary N) is 1. The highest BCUT2D eigenvalue weighted by atomic mass is 16.2. The molecule has 3 rings (SSSR count). The molecule has 8 heteroatoms. The molecule has 1 aromatic heterocycles. The smallest absolute Gasteiger partial charge is 0.323 e. The summed E-state index contributed by atoms with van der Waals surface area (Å²) in [5.41, 5.74) is 7.48. The Morgan fingerprint density at radius 2 is 1.84 bits per heavy atom. The number of benzene rings is 2. The van der Waals surface area contributed by atoms with Crippen LogP contribution in [0.3, 0.4) is 0 Å². The van der Waals surface area contributed by atoms with Gasteiger partial charge in [0.15, 0.2) is 0 Å². The van der Waals surface area contributed by atoms with Gasteiger partial charge in [0.25, 0.3) is 0 Å². The van der Waals surface area contributed by atoms with E-state index in [1.807, 2.05) is 0 Å². The fraction of sp³-hybridized carbons (Fsp3) is 0.0588. The van der Waals surface area contributed by atoms with Crippen LogP contribution in [0.5, 0.6) is 0 Å². The summed E-state index contributed by atoms with van der Waals surface area (Å²) >= 11 is 0. The molecule has 0 atom stereocenters. The van der Waals surface area contributed by atoms with Crippen LogP contribution in [-0.4, -0.2) is 27.9 Å². The molecular formula is C17H15N5O3. The predicted octanol–water partition coefficient (Wildman–Crippen LogP) is 1.66. The van der Waals surface area contributed by atoms with Gasteiger partial charge >= 0.3 is 11.8 Å². The largest absolute Gasteiger partial charge is 0.399 e. The molecule has 1 heterocycles. The second kappa shape index (κ2) is 6.44. The van der Waals surface area contributed by atoms with Crippen LogP contribution < -0.4 is 16.0 Å². The van der Waals surface area contributed by atoms with E-state index in [1.54, 1.807) is 36.5 Å². The van der Waals surface area contributed by atoms with E-state index in [0.29, 0.717) is 16.9 Å². The van der Waals surface area contributed by atoms with Crippen molar-refractivity contribution in [3.63, 3.8) is 0 Å². The van der Waals surface area contributed by atoms with E-state index in [0.717, 1.165) is 10.3 Å². The molecule has 0 fully saturated rings. The second-order valence-electron chi connectivity index (χ2n) is 5.38. The van der Waals surface area contributed by atoms with Crippen molar-refractivity contribution >= 4 is 45.7 Å². The van der Waals surface area contributed by atoms with Gasteiger partial charge in [-0.15, -0.1) is 0 Å². The zero-order valence-electron chi connectivity index (χ0n) is 13.3. The average Bonchev–Trinajstić information content (AvgIpc) is 3.04. The molecule has 0 spiro atoms. The molecule has 3 amide bonds. The highest BCUT2D eigenvalue weighted by Gasteiger charge is 2.26. The number of fused-ring (bicyclic) bond motifs is 1. The first-order valence-electron chi connectivity index (χ1n) is 7.40. The minimum absolute atomic E-state index is 0.269. The molecule has 0 bridgehead atoms. The molecule has 0 radical (unpaired) electrons. The number of nitrogen functional groups attached to an aromatic ring is 1. The Balaban J connectivity index is 1.82. The van der Waals surface area contributed by atoms with Gasteiger partial charge < -0.3 is 11.1 Å². The number of carbonyl (C=O) groups excluding carboxylic acids is 3. The van der Waals surface area contributed by atoms with Gasteiger partial charge in [-0.1, -0.05) is 0 Å². The van der Waals surface area contributed by atoms with E-state index in [9.17, 15) is 14.4 Å². The van der Waals surface area contributed by atoms with Crippen LogP contribution >= 0.6 is 0 Å². The zero-order chi connectivity index (χ0) is 18.0. The van der Waals surface area contributed by atoms with Crippen LogP contribution in [-0.2, 0) is 14.4 Å². The number of imide groups is 1. The Kier molecular flexibility index (Phi) is 4.17. The molecule has 2 aromatic carbocycles. The standard InChI is InChI=1S/C17H15N5O3/c1-10(23)22(14-6-3-12(18)4-7-14)17(25)16(24)20-13-5-2-11-9-19-21-15(11)8-13/h2-9H,18H2,1H3,(H,19,21)(H,20,24). The van der Waals surface area contributed by atoms with Gasteiger partial charge in [-0.25, -0.2) is 4.90 Å². The molecule has 0 saturated carbocycles. The maximum atomic E-state index is 12.4. The van der Waals surface area contributed by atoms with Gasteiger partial charge in [0, 0.05) is 23.7 Å². The van der Waals surface area contributed by atoms with Gasteiger partial charge in [0.05, 0.1) is 17.4 Å². The SMILES string of the molecule is CC(=O)N(C(=O)C(=O)Nc1ccc2cn[nH]c2c1)c1ccc(N)cc1. The quantitative estimate of drug-likeness (QED) is 0.485. The summed E-state index contributed by atoms with van der Waals surface area (Å²) in [5.74, 6) is -2.48. The van der Waals surface area contributed by atoms with Crippen molar-refractivity contribution in [2.24, 2.45) is 0 Å². The zero-order valence-corrected chi connectivity index (χ0v) is 13.3. The maximum Gasteiger partial charge on any atom is 0.323 e. The third kappa shape index (κ3) is 3.32. The number of amides is 3. The molecule has 4 N–H and O–H groups in total. The van der Waals surface area contributed by atoms with Crippen LogP contribution in [0.1, 0.15) is 6.92 Å². The van der Waals surface area contributed by atoms with E-state index < -0.39 is 17.7 Å². The number of carbonyl (C=O) groups is 3. The van der Waals surface area contributed by atoms with Crippen molar-refractivity contribution < 1.29 is 14.4 Å². The first-order chi connectivity index (χ1) is 12.0. The highest BCUT2D eigenvalue weighted by Crippen LogP contribution is 2.19. The van der Waals surface area contributed by atoms with Crippen LogP contribution in [0.25, 0.3) is 10.9 Å². The number of nitrogens with zero attached hydrogens (tertiary/aromatic N) is 2. The fourth-order valence-corrected chi connectivity index (χ4v) is 2.37. The number of H-pyrrole nitrogens is 1. The predicted molar refractivity (Wildman–Crippen MR) is 93.7 cm³/mol. The average molecular weight is 337 g/mol. The number of hydrogen-bond donors (Lipinski definition) is 3. The Hall–Kier alpha value is -3.68. The fourth-order valence-electron chi connectivity index (χ4n) is 2.37. The summed E-state index contributed by atoms with van der Waals surface area (Å²) in [6.07, 6.45) is 1.64. The van der Waals surface area contributed by atoms with Gasteiger partial charge in [0.1, 0.15) is 0 Å². The third-order valence-corrected chi connectivity index (χ3v) is 3.56. The number of anilines is 3. The molecule has 0 aliphatic carbocycles. The Bertz CT molecular complexity index is 962. The van der Waals surface area contributed by atoms with Crippen molar-refractivity contribution in [2.75, 3.05) is 16.0 Å². The summed E-state index contributed by atoms with van der Waals surface area (Å²) in [6, 6.07) is 11.1. The molecule has 0 saturated heterocycles. The van der Waals surface area contributed by atoms with Crippen molar-refractivity contribution in [1.29, 1.82) is 0 Å². The lowest BCUT2D eigenvalue weighted by atomic mass is 10.2. The number of aromatic amines is 1. The summed E-state index contributed by atoms with van der Waals surface area (Å²) in [4.78, 5) is 37.3. The highest BCUT2D eigenvalue weighted by molar-refractivity contribution is 6.48. The van der Waals surface area contributed by atoms with Crippen LogP contribution in [0.15, 0.2) is 48.7 Å². The number of hydrogen-bond acceptors (Lipinski definition) is 5. The van der Waals surface area contributed by atoms with Crippen molar-refractivity contribution in [2.45, 2.75) is 6.92 Å². The van der Waals surface area contributed by atoms with E-state index >= 15 is 0 Å². The molecule has 8 nitrogen and oxygen atoms in total. The lowest BCUT2D eigenvalue weighted by Crippen LogP contribution is -2.42. The molecular weight excluding hydrogens is 322 g/mol.